The number of ether oxygens (including phenoxy) is 1. The van der Waals surface area contributed by atoms with E-state index < -0.39 is 6.29 Å². The number of fused-ring (bicyclic) bond motifs is 1. The van der Waals surface area contributed by atoms with Gasteiger partial charge in [0.25, 0.3) is 0 Å². The topological polar surface area (TPSA) is 29.5 Å². The highest BCUT2D eigenvalue weighted by molar-refractivity contribution is 9.11. The molecule has 1 unspecified atom stereocenters. The number of aliphatic hydroxyl groups is 1. The van der Waals surface area contributed by atoms with E-state index in [0.717, 1.165) is 25.8 Å². The molecule has 1 aliphatic rings. The van der Waals surface area contributed by atoms with Crippen LogP contribution in [0.1, 0.15) is 23.5 Å². The van der Waals surface area contributed by atoms with Gasteiger partial charge in [-0.25, -0.2) is 0 Å². The minimum atomic E-state index is -0.777. The summed E-state index contributed by atoms with van der Waals surface area (Å²) in [6.07, 6.45) is 3.99. The van der Waals surface area contributed by atoms with Gasteiger partial charge in [-0.15, -0.1) is 0 Å². The number of allylic oxidation sites excluding steroid dienone is 1. The molecule has 0 aromatic heterocycles. The van der Waals surface area contributed by atoms with Crippen LogP contribution in [0.15, 0.2) is 57.5 Å². The Kier molecular flexibility index (Phi) is 4.48. The lowest BCUT2D eigenvalue weighted by molar-refractivity contribution is -0.0359. The van der Waals surface area contributed by atoms with Crippen molar-refractivity contribution in [2.24, 2.45) is 0 Å². The van der Waals surface area contributed by atoms with Crippen LogP contribution >= 0.6 is 31.9 Å². The second kappa shape index (κ2) is 6.34. The van der Waals surface area contributed by atoms with Gasteiger partial charge < -0.3 is 9.84 Å². The highest BCUT2D eigenvalue weighted by Crippen LogP contribution is 2.43. The van der Waals surface area contributed by atoms with E-state index in [1.807, 2.05) is 30.3 Å². The Hall–Kier alpha value is -1.10. The molecule has 2 aromatic rings. The van der Waals surface area contributed by atoms with Gasteiger partial charge in [0.2, 0.25) is 0 Å². The van der Waals surface area contributed by atoms with Gasteiger partial charge in [-0.2, -0.15) is 0 Å². The van der Waals surface area contributed by atoms with Crippen LogP contribution < -0.4 is 4.74 Å². The zero-order valence-electron chi connectivity index (χ0n) is 11.2. The van der Waals surface area contributed by atoms with Crippen LogP contribution in [0.5, 0.6) is 5.75 Å². The van der Waals surface area contributed by atoms with Crippen molar-refractivity contribution in [3.05, 3.63) is 68.6 Å². The summed E-state index contributed by atoms with van der Waals surface area (Å²) < 4.78 is 7.40. The molecule has 2 atom stereocenters. The molecular weight excluding hydrogens is 396 g/mol. The van der Waals surface area contributed by atoms with E-state index in [0.29, 0.717) is 6.42 Å². The number of hydrogen-bond donors (Lipinski definition) is 1. The second-order valence-corrected chi connectivity index (χ2v) is 6.76. The normalized spacial score (nSPS) is 21.1. The van der Waals surface area contributed by atoms with Crippen LogP contribution in [0.2, 0.25) is 0 Å². The van der Waals surface area contributed by atoms with Crippen molar-refractivity contribution < 1.29 is 9.84 Å². The first-order chi connectivity index (χ1) is 10.1. The van der Waals surface area contributed by atoms with Crippen LogP contribution in [-0.2, 0) is 0 Å². The van der Waals surface area contributed by atoms with Crippen molar-refractivity contribution in [1.82, 2.24) is 0 Å². The molecule has 21 heavy (non-hydrogen) atoms. The number of rotatable bonds is 2. The average molecular weight is 410 g/mol. The maximum absolute atomic E-state index is 9.93. The largest absolute Gasteiger partial charge is 0.464 e. The fourth-order valence-electron chi connectivity index (χ4n) is 2.48. The van der Waals surface area contributed by atoms with Gasteiger partial charge in [0.1, 0.15) is 5.75 Å². The Balaban J connectivity index is 1.96. The van der Waals surface area contributed by atoms with E-state index >= 15 is 0 Å². The van der Waals surface area contributed by atoms with Gasteiger partial charge in [0.05, 0.1) is 4.47 Å². The lowest BCUT2D eigenvalue weighted by atomic mass is 9.91. The molecule has 1 aliphatic heterocycles. The molecule has 0 spiro atoms. The lowest BCUT2D eigenvalue weighted by Gasteiger charge is -2.28. The number of aliphatic hydroxyl groups excluding tert-OH is 1. The molecule has 1 heterocycles. The Morgan fingerprint density at radius 1 is 1.14 bits per heavy atom. The Labute approximate surface area is 140 Å². The van der Waals surface area contributed by atoms with Crippen LogP contribution in [0, 0.1) is 0 Å². The minimum absolute atomic E-state index is 0.123. The van der Waals surface area contributed by atoms with Crippen molar-refractivity contribution in [1.29, 1.82) is 0 Å². The van der Waals surface area contributed by atoms with Crippen LogP contribution in [0.3, 0.4) is 0 Å². The fraction of sp³-hybridized carbons (Fsp3) is 0.176. The molecule has 0 amide bonds. The predicted molar refractivity (Wildman–Crippen MR) is 91.3 cm³/mol. The van der Waals surface area contributed by atoms with Crippen LogP contribution in [0.25, 0.3) is 6.08 Å². The first-order valence-electron chi connectivity index (χ1n) is 6.70. The Bertz CT molecular complexity index is 668. The molecule has 0 saturated carbocycles. The first kappa shape index (κ1) is 14.8. The van der Waals surface area contributed by atoms with Gasteiger partial charge in [0, 0.05) is 22.4 Å². The second-order valence-electron chi connectivity index (χ2n) is 4.99. The molecule has 4 heteroatoms. The monoisotopic (exact) mass is 408 g/mol. The summed E-state index contributed by atoms with van der Waals surface area (Å²) in [4.78, 5) is 0. The molecular formula is C17H14Br2O2. The van der Waals surface area contributed by atoms with Crippen molar-refractivity contribution in [3.8, 4) is 5.75 Å². The Morgan fingerprint density at radius 3 is 2.67 bits per heavy atom. The SMILES string of the molecule is O[C@H]1CC(C=Cc2ccccc2)c2cc(Br)cc(Br)c2O1. The standard InChI is InChI=1S/C17H14Br2O2/c18-13-9-14-12(7-6-11-4-2-1-3-5-11)8-16(20)21-17(14)15(19)10-13/h1-7,9-10,12,16,20H,8H2/t12?,16-/m1/s1. The summed E-state index contributed by atoms with van der Waals surface area (Å²) >= 11 is 7.00. The van der Waals surface area contributed by atoms with Crippen LogP contribution in [-0.4, -0.2) is 11.4 Å². The number of benzene rings is 2. The Morgan fingerprint density at radius 2 is 1.90 bits per heavy atom. The first-order valence-corrected chi connectivity index (χ1v) is 8.29. The highest BCUT2D eigenvalue weighted by atomic mass is 79.9. The van der Waals surface area contributed by atoms with Gasteiger partial charge in [-0.1, -0.05) is 58.4 Å². The quantitative estimate of drug-likeness (QED) is 0.746. The summed E-state index contributed by atoms with van der Waals surface area (Å²) in [7, 11) is 0. The third-order valence-electron chi connectivity index (χ3n) is 3.47. The average Bonchev–Trinajstić information content (AvgIpc) is 2.47. The van der Waals surface area contributed by atoms with Gasteiger partial charge in [-0.3, -0.25) is 0 Å². The maximum atomic E-state index is 9.93. The van der Waals surface area contributed by atoms with Gasteiger partial charge in [0.15, 0.2) is 6.29 Å². The molecule has 0 aliphatic carbocycles. The van der Waals surface area contributed by atoms with E-state index in [9.17, 15) is 5.11 Å². The third-order valence-corrected chi connectivity index (χ3v) is 4.51. The number of halogens is 2. The number of hydrogen-bond acceptors (Lipinski definition) is 2. The fourth-order valence-corrected chi connectivity index (χ4v) is 3.83. The third kappa shape index (κ3) is 3.39. The zero-order valence-corrected chi connectivity index (χ0v) is 14.3. The van der Waals surface area contributed by atoms with Gasteiger partial charge >= 0.3 is 0 Å². The maximum Gasteiger partial charge on any atom is 0.198 e. The van der Waals surface area contributed by atoms with Crippen molar-refractivity contribution in [2.45, 2.75) is 18.6 Å². The van der Waals surface area contributed by atoms with E-state index in [2.05, 4.69) is 56.1 Å². The summed E-state index contributed by atoms with van der Waals surface area (Å²) in [5, 5.41) is 9.93. The van der Waals surface area contributed by atoms with E-state index in [4.69, 9.17) is 4.74 Å². The molecule has 0 bridgehead atoms. The molecule has 108 valence electrons. The molecule has 2 nitrogen and oxygen atoms in total. The summed E-state index contributed by atoms with van der Waals surface area (Å²) in [5.74, 6) is 0.845. The van der Waals surface area contributed by atoms with Crippen molar-refractivity contribution in [2.75, 3.05) is 0 Å². The zero-order chi connectivity index (χ0) is 14.8. The molecule has 0 fully saturated rings. The molecule has 1 N–H and O–H groups in total. The summed E-state index contributed by atoms with van der Waals surface area (Å²) in [6, 6.07) is 14.1. The van der Waals surface area contributed by atoms with Crippen molar-refractivity contribution in [3.63, 3.8) is 0 Å². The molecule has 3 rings (SSSR count). The predicted octanol–water partition coefficient (Wildman–Crippen LogP) is 5.11. The van der Waals surface area contributed by atoms with Gasteiger partial charge in [-0.05, 0) is 33.6 Å². The summed E-state index contributed by atoms with van der Waals surface area (Å²) in [5.41, 5.74) is 2.22. The minimum Gasteiger partial charge on any atom is -0.464 e. The van der Waals surface area contributed by atoms with Crippen LogP contribution in [0.4, 0.5) is 0 Å². The lowest BCUT2D eigenvalue weighted by Crippen LogP contribution is -2.24. The van der Waals surface area contributed by atoms with E-state index in [-0.39, 0.29) is 5.92 Å². The van der Waals surface area contributed by atoms with E-state index in [1.54, 1.807) is 0 Å². The van der Waals surface area contributed by atoms with E-state index in [1.165, 1.54) is 0 Å². The highest BCUT2D eigenvalue weighted by Gasteiger charge is 2.27. The molecule has 0 saturated heterocycles. The smallest absolute Gasteiger partial charge is 0.198 e. The summed E-state index contributed by atoms with van der Waals surface area (Å²) in [6.45, 7) is 0. The molecule has 2 aromatic carbocycles. The van der Waals surface area contributed by atoms with Crippen molar-refractivity contribution >= 4 is 37.9 Å². The molecule has 0 radical (unpaired) electrons.